The van der Waals surface area contributed by atoms with Gasteiger partial charge < -0.3 is 10.2 Å². The Labute approximate surface area is 128 Å². The number of nitrogens with one attached hydrogen (secondary N) is 1. The lowest BCUT2D eigenvalue weighted by atomic mass is 10.2. The van der Waals surface area contributed by atoms with Gasteiger partial charge in [0.1, 0.15) is 6.04 Å². The number of anilines is 1. The van der Waals surface area contributed by atoms with Crippen LogP contribution in [0.25, 0.3) is 5.69 Å². The largest absolute Gasteiger partial charge is 0.371 e. The summed E-state index contributed by atoms with van der Waals surface area (Å²) >= 11 is 6.02. The Bertz CT molecular complexity index is 682. The summed E-state index contributed by atoms with van der Waals surface area (Å²) in [5, 5.41) is 8.34. The van der Waals surface area contributed by atoms with Crippen LogP contribution >= 0.6 is 11.6 Å². The third-order valence-electron chi connectivity index (χ3n) is 3.82. The Morgan fingerprint density at radius 2 is 2.24 bits per heavy atom. The highest BCUT2D eigenvalue weighted by atomic mass is 35.5. The van der Waals surface area contributed by atoms with Crippen molar-refractivity contribution in [1.29, 1.82) is 0 Å². The van der Waals surface area contributed by atoms with Crippen molar-refractivity contribution < 1.29 is 4.79 Å². The molecule has 1 amide bonds. The van der Waals surface area contributed by atoms with Gasteiger partial charge in [0.15, 0.2) is 0 Å². The molecule has 0 unspecified atom stereocenters. The number of hydrogen-bond donors (Lipinski definition) is 1. The number of rotatable bonds is 3. The van der Waals surface area contributed by atoms with Gasteiger partial charge in [-0.25, -0.2) is 4.68 Å². The van der Waals surface area contributed by atoms with Crippen LogP contribution in [0.5, 0.6) is 0 Å². The quantitative estimate of drug-likeness (QED) is 0.948. The van der Waals surface area contributed by atoms with E-state index in [1.807, 2.05) is 42.9 Å². The maximum absolute atomic E-state index is 12.0. The average Bonchev–Trinajstić information content (AvgIpc) is 2.97. The fourth-order valence-electron chi connectivity index (χ4n) is 2.56. The van der Waals surface area contributed by atoms with Crippen molar-refractivity contribution >= 4 is 23.2 Å². The number of carbonyl (C=O) groups excluding carboxylic acids is 1. The minimum Gasteiger partial charge on any atom is -0.371 e. The summed E-state index contributed by atoms with van der Waals surface area (Å²) in [5.74, 6) is 0.130. The van der Waals surface area contributed by atoms with Crippen molar-refractivity contribution in [2.24, 2.45) is 0 Å². The van der Waals surface area contributed by atoms with Crippen LogP contribution in [0, 0.1) is 6.92 Å². The topological polar surface area (TPSA) is 50.2 Å². The molecule has 1 aromatic heterocycles. The first kappa shape index (κ1) is 13.9. The van der Waals surface area contributed by atoms with Crippen molar-refractivity contribution in [1.82, 2.24) is 14.7 Å². The Morgan fingerprint density at radius 1 is 1.43 bits per heavy atom. The molecular formula is C15H17ClN4O. The molecule has 1 aliphatic heterocycles. The first-order valence-electron chi connectivity index (χ1n) is 6.88. The summed E-state index contributed by atoms with van der Waals surface area (Å²) < 4.78 is 1.82. The summed E-state index contributed by atoms with van der Waals surface area (Å²) in [5.41, 5.74) is 2.74. The van der Waals surface area contributed by atoms with Gasteiger partial charge >= 0.3 is 0 Å². The third kappa shape index (κ3) is 2.61. The smallest absolute Gasteiger partial charge is 0.244 e. The van der Waals surface area contributed by atoms with Crippen LogP contribution in [0.2, 0.25) is 5.02 Å². The lowest BCUT2D eigenvalue weighted by Crippen LogP contribution is -2.31. The molecule has 0 saturated carbocycles. The van der Waals surface area contributed by atoms with Gasteiger partial charge in [0.2, 0.25) is 5.91 Å². The van der Waals surface area contributed by atoms with E-state index in [9.17, 15) is 4.79 Å². The summed E-state index contributed by atoms with van der Waals surface area (Å²) in [6.45, 7) is 2.76. The summed E-state index contributed by atoms with van der Waals surface area (Å²) in [7, 11) is 1.83. The second-order valence-electron chi connectivity index (χ2n) is 5.28. The van der Waals surface area contributed by atoms with E-state index in [4.69, 9.17) is 11.6 Å². The fraction of sp³-hybridized carbons (Fsp3) is 0.333. The number of aromatic nitrogens is 2. The van der Waals surface area contributed by atoms with Gasteiger partial charge in [0.25, 0.3) is 0 Å². The molecule has 6 heteroatoms. The molecule has 3 rings (SSSR count). The molecule has 0 spiro atoms. The van der Waals surface area contributed by atoms with Crippen LogP contribution in [-0.2, 0) is 4.79 Å². The maximum Gasteiger partial charge on any atom is 0.244 e. The van der Waals surface area contributed by atoms with Gasteiger partial charge in [-0.15, -0.1) is 0 Å². The highest BCUT2D eigenvalue weighted by Crippen LogP contribution is 2.23. The van der Waals surface area contributed by atoms with E-state index in [1.165, 1.54) is 0 Å². The first-order chi connectivity index (χ1) is 10.1. The molecule has 1 saturated heterocycles. The SMILES string of the molecule is Cc1c(N[C@@H]2CCN(C)C2=O)cnn1-c1cccc(Cl)c1. The molecule has 1 aromatic carbocycles. The van der Waals surface area contributed by atoms with Crippen molar-refractivity contribution in [3.05, 3.63) is 41.2 Å². The predicted molar refractivity (Wildman–Crippen MR) is 83.0 cm³/mol. The zero-order valence-electron chi connectivity index (χ0n) is 12.0. The lowest BCUT2D eigenvalue weighted by Gasteiger charge is -2.13. The van der Waals surface area contributed by atoms with Gasteiger partial charge in [0, 0.05) is 18.6 Å². The molecule has 2 heterocycles. The van der Waals surface area contributed by atoms with E-state index in [2.05, 4.69) is 10.4 Å². The van der Waals surface area contributed by atoms with Crippen LogP contribution in [0.1, 0.15) is 12.1 Å². The fourth-order valence-corrected chi connectivity index (χ4v) is 2.75. The van der Waals surface area contributed by atoms with Crippen LogP contribution in [-0.4, -0.2) is 40.2 Å². The Morgan fingerprint density at radius 3 is 2.90 bits per heavy atom. The molecule has 1 aliphatic rings. The molecule has 0 radical (unpaired) electrons. The number of nitrogens with zero attached hydrogens (tertiary/aromatic N) is 3. The molecule has 110 valence electrons. The molecular weight excluding hydrogens is 288 g/mol. The van der Waals surface area contributed by atoms with Crippen LogP contribution in [0.15, 0.2) is 30.5 Å². The van der Waals surface area contributed by atoms with E-state index < -0.39 is 0 Å². The summed E-state index contributed by atoms with van der Waals surface area (Å²) in [6.07, 6.45) is 2.57. The molecule has 1 fully saturated rings. The number of carbonyl (C=O) groups is 1. The highest BCUT2D eigenvalue weighted by Gasteiger charge is 2.29. The van der Waals surface area contributed by atoms with Crippen molar-refractivity contribution in [2.45, 2.75) is 19.4 Å². The molecule has 21 heavy (non-hydrogen) atoms. The van der Waals surface area contributed by atoms with E-state index in [0.717, 1.165) is 30.0 Å². The molecule has 1 N–H and O–H groups in total. The highest BCUT2D eigenvalue weighted by molar-refractivity contribution is 6.30. The predicted octanol–water partition coefficient (Wildman–Crippen LogP) is 2.48. The number of halogens is 1. The van der Waals surface area contributed by atoms with Gasteiger partial charge in [-0.1, -0.05) is 17.7 Å². The number of likely N-dealkylation sites (N-methyl/N-ethyl adjacent to an activating group) is 1. The van der Waals surface area contributed by atoms with Gasteiger partial charge in [-0.3, -0.25) is 4.79 Å². The van der Waals surface area contributed by atoms with E-state index in [-0.39, 0.29) is 11.9 Å². The van der Waals surface area contributed by atoms with Crippen LogP contribution in [0.4, 0.5) is 5.69 Å². The minimum atomic E-state index is -0.161. The number of likely N-dealkylation sites (tertiary alicyclic amines) is 1. The lowest BCUT2D eigenvalue weighted by molar-refractivity contribution is -0.127. The Hall–Kier alpha value is -2.01. The van der Waals surface area contributed by atoms with Crippen LogP contribution < -0.4 is 5.32 Å². The zero-order valence-corrected chi connectivity index (χ0v) is 12.8. The molecule has 1 atom stereocenters. The molecule has 2 aromatic rings. The monoisotopic (exact) mass is 304 g/mol. The standard InChI is InChI=1S/C15H17ClN4O/c1-10-14(18-13-6-7-19(2)15(13)21)9-17-20(10)12-5-3-4-11(16)8-12/h3-5,8-9,13,18H,6-7H2,1-2H3/t13-/m1/s1. The first-order valence-corrected chi connectivity index (χ1v) is 7.26. The van der Waals surface area contributed by atoms with Gasteiger partial charge in [-0.05, 0) is 31.5 Å². The van der Waals surface area contributed by atoms with Crippen molar-refractivity contribution in [2.75, 3.05) is 18.9 Å². The maximum atomic E-state index is 12.0. The minimum absolute atomic E-state index is 0.130. The molecule has 0 aliphatic carbocycles. The third-order valence-corrected chi connectivity index (χ3v) is 4.05. The second-order valence-corrected chi connectivity index (χ2v) is 5.72. The normalized spacial score (nSPS) is 18.3. The number of hydrogen-bond acceptors (Lipinski definition) is 3. The van der Waals surface area contributed by atoms with Gasteiger partial charge in [0.05, 0.1) is 23.3 Å². The van der Waals surface area contributed by atoms with Crippen molar-refractivity contribution in [3.63, 3.8) is 0 Å². The Kier molecular flexibility index (Phi) is 3.59. The van der Waals surface area contributed by atoms with E-state index in [0.29, 0.717) is 5.02 Å². The van der Waals surface area contributed by atoms with E-state index >= 15 is 0 Å². The van der Waals surface area contributed by atoms with E-state index in [1.54, 1.807) is 11.1 Å². The summed E-state index contributed by atoms with van der Waals surface area (Å²) in [4.78, 5) is 13.7. The molecule has 0 bridgehead atoms. The van der Waals surface area contributed by atoms with Crippen molar-refractivity contribution in [3.8, 4) is 5.69 Å². The summed E-state index contributed by atoms with van der Waals surface area (Å²) in [6, 6.07) is 7.37. The Balaban J connectivity index is 1.85. The molecule has 5 nitrogen and oxygen atoms in total. The van der Waals surface area contributed by atoms with Gasteiger partial charge in [-0.2, -0.15) is 5.10 Å². The number of amides is 1. The number of benzene rings is 1. The zero-order chi connectivity index (χ0) is 15.0. The second kappa shape index (κ2) is 5.41. The van der Waals surface area contributed by atoms with Crippen LogP contribution in [0.3, 0.4) is 0 Å². The average molecular weight is 305 g/mol.